The number of hydrogen-bond donors (Lipinski definition) is 3. The van der Waals surface area contributed by atoms with Gasteiger partial charge in [-0.3, -0.25) is 14.4 Å². The van der Waals surface area contributed by atoms with Gasteiger partial charge >= 0.3 is 0 Å². The third kappa shape index (κ3) is 5.43. The maximum Gasteiger partial charge on any atom is 0.243 e. The highest BCUT2D eigenvalue weighted by atomic mass is 16.3. The topological polar surface area (TPSA) is 100 Å². The summed E-state index contributed by atoms with van der Waals surface area (Å²) in [6, 6.07) is 2.93. The minimum atomic E-state index is -0.562. The Morgan fingerprint density at radius 1 is 1.26 bits per heavy atom. The molecule has 1 fully saturated rings. The molecule has 2 rings (SSSR count). The molecule has 1 unspecified atom stereocenters. The zero-order valence-corrected chi connectivity index (χ0v) is 13.3. The highest BCUT2D eigenvalue weighted by Gasteiger charge is 2.31. The normalized spacial score (nSPS) is 15.9. The van der Waals surface area contributed by atoms with Gasteiger partial charge in [0.25, 0.3) is 0 Å². The van der Waals surface area contributed by atoms with Crippen LogP contribution < -0.4 is 16.0 Å². The van der Waals surface area contributed by atoms with E-state index in [1.54, 1.807) is 12.1 Å². The van der Waals surface area contributed by atoms with Crippen molar-refractivity contribution in [3.05, 3.63) is 24.2 Å². The fourth-order valence-corrected chi connectivity index (χ4v) is 2.85. The Hall–Kier alpha value is -2.31. The molecule has 1 aliphatic rings. The molecule has 3 N–H and O–H groups in total. The van der Waals surface area contributed by atoms with Gasteiger partial charge in [-0.25, -0.2) is 0 Å². The summed E-state index contributed by atoms with van der Waals surface area (Å²) in [5.74, 6) is -0.0563. The van der Waals surface area contributed by atoms with Gasteiger partial charge in [0.05, 0.1) is 19.4 Å². The molecule has 1 aromatic heterocycles. The van der Waals surface area contributed by atoms with Crippen molar-refractivity contribution in [2.45, 2.75) is 45.2 Å². The first kappa shape index (κ1) is 17.1. The summed E-state index contributed by atoms with van der Waals surface area (Å²) in [5, 5.41) is 7.96. The molecular formula is C16H23N3O4. The molecule has 126 valence electrons. The van der Waals surface area contributed by atoms with Crippen LogP contribution in [0.15, 0.2) is 22.8 Å². The van der Waals surface area contributed by atoms with Crippen LogP contribution in [0, 0.1) is 5.92 Å². The molecule has 1 aliphatic carbocycles. The van der Waals surface area contributed by atoms with Gasteiger partial charge in [0, 0.05) is 6.92 Å². The zero-order chi connectivity index (χ0) is 16.7. The second-order valence-electron chi connectivity index (χ2n) is 5.80. The summed E-state index contributed by atoms with van der Waals surface area (Å²) in [6.07, 6.45) is 5.50. The maximum atomic E-state index is 12.3. The molecule has 1 aromatic rings. The molecule has 7 heteroatoms. The van der Waals surface area contributed by atoms with Crippen LogP contribution in [0.3, 0.4) is 0 Å². The first-order valence-electron chi connectivity index (χ1n) is 7.90. The van der Waals surface area contributed by atoms with Gasteiger partial charge in [0.1, 0.15) is 11.8 Å². The number of furan rings is 1. The van der Waals surface area contributed by atoms with E-state index >= 15 is 0 Å². The Morgan fingerprint density at radius 2 is 2.00 bits per heavy atom. The van der Waals surface area contributed by atoms with Crippen LogP contribution in [0.2, 0.25) is 0 Å². The van der Waals surface area contributed by atoms with Crippen LogP contribution in [0.25, 0.3) is 0 Å². The Bertz CT molecular complexity index is 536. The molecule has 0 radical (unpaired) electrons. The summed E-state index contributed by atoms with van der Waals surface area (Å²) in [5.41, 5.74) is 0. The summed E-state index contributed by atoms with van der Waals surface area (Å²) in [6.45, 7) is 1.55. The lowest BCUT2D eigenvalue weighted by atomic mass is 9.97. The van der Waals surface area contributed by atoms with Gasteiger partial charge in [-0.2, -0.15) is 0 Å². The monoisotopic (exact) mass is 321 g/mol. The van der Waals surface area contributed by atoms with Crippen LogP contribution in [0.5, 0.6) is 0 Å². The van der Waals surface area contributed by atoms with Crippen LogP contribution in [0.4, 0.5) is 0 Å². The van der Waals surface area contributed by atoms with Gasteiger partial charge in [0.2, 0.25) is 17.7 Å². The summed E-state index contributed by atoms with van der Waals surface area (Å²) < 4.78 is 5.11. The van der Waals surface area contributed by atoms with Gasteiger partial charge in [0.15, 0.2) is 0 Å². The van der Waals surface area contributed by atoms with Crippen molar-refractivity contribution < 1.29 is 18.8 Å². The summed E-state index contributed by atoms with van der Waals surface area (Å²) in [7, 11) is 0. The van der Waals surface area contributed by atoms with E-state index in [0.717, 1.165) is 25.7 Å². The quantitative estimate of drug-likeness (QED) is 0.688. The Morgan fingerprint density at radius 3 is 2.61 bits per heavy atom. The Labute approximate surface area is 135 Å². The van der Waals surface area contributed by atoms with Crippen LogP contribution in [-0.2, 0) is 20.9 Å². The molecule has 7 nitrogen and oxygen atoms in total. The number of carbonyl (C=O) groups is 3. The fraction of sp³-hybridized carbons (Fsp3) is 0.562. The minimum Gasteiger partial charge on any atom is -0.467 e. The zero-order valence-electron chi connectivity index (χ0n) is 13.3. The SMILES string of the molecule is CC(=O)NC(C(=O)NCC(=O)NCc1ccco1)C1CCCC1. The maximum absolute atomic E-state index is 12.3. The molecule has 0 bridgehead atoms. The van der Waals surface area contributed by atoms with E-state index in [9.17, 15) is 14.4 Å². The lowest BCUT2D eigenvalue weighted by Gasteiger charge is -2.23. The van der Waals surface area contributed by atoms with Crippen LogP contribution >= 0.6 is 0 Å². The van der Waals surface area contributed by atoms with Crippen molar-refractivity contribution >= 4 is 17.7 Å². The average Bonchev–Trinajstić information content (AvgIpc) is 3.20. The number of amides is 3. The molecule has 0 spiro atoms. The van der Waals surface area contributed by atoms with Gasteiger partial charge in [-0.15, -0.1) is 0 Å². The van der Waals surface area contributed by atoms with E-state index in [2.05, 4.69) is 16.0 Å². The van der Waals surface area contributed by atoms with Crippen molar-refractivity contribution in [1.82, 2.24) is 16.0 Å². The molecule has 1 atom stereocenters. The smallest absolute Gasteiger partial charge is 0.243 e. The molecule has 23 heavy (non-hydrogen) atoms. The van der Waals surface area contributed by atoms with Gasteiger partial charge in [-0.05, 0) is 30.9 Å². The first-order valence-corrected chi connectivity index (χ1v) is 7.90. The molecule has 0 aliphatic heterocycles. The number of rotatable bonds is 7. The average molecular weight is 321 g/mol. The van der Waals surface area contributed by atoms with Crippen LogP contribution in [0.1, 0.15) is 38.4 Å². The third-order valence-corrected chi connectivity index (χ3v) is 3.98. The molecule has 3 amide bonds. The summed E-state index contributed by atoms with van der Waals surface area (Å²) >= 11 is 0. The molecule has 0 aromatic carbocycles. The second kappa shape index (κ2) is 8.36. The lowest BCUT2D eigenvalue weighted by Crippen LogP contribution is -2.51. The van der Waals surface area contributed by atoms with E-state index in [-0.39, 0.29) is 36.7 Å². The minimum absolute atomic E-state index is 0.123. The highest BCUT2D eigenvalue weighted by molar-refractivity contribution is 5.90. The largest absolute Gasteiger partial charge is 0.467 e. The van der Waals surface area contributed by atoms with E-state index in [1.165, 1.54) is 13.2 Å². The van der Waals surface area contributed by atoms with Crippen molar-refractivity contribution in [1.29, 1.82) is 0 Å². The predicted molar refractivity (Wildman–Crippen MR) is 83.1 cm³/mol. The molecule has 0 saturated heterocycles. The van der Waals surface area contributed by atoms with Crippen molar-refractivity contribution in [2.24, 2.45) is 5.92 Å². The van der Waals surface area contributed by atoms with E-state index in [1.807, 2.05) is 0 Å². The third-order valence-electron chi connectivity index (χ3n) is 3.98. The Kier molecular flexibility index (Phi) is 6.19. The second-order valence-corrected chi connectivity index (χ2v) is 5.80. The lowest BCUT2D eigenvalue weighted by molar-refractivity contribution is -0.131. The Balaban J connectivity index is 1.78. The molecular weight excluding hydrogens is 298 g/mol. The van der Waals surface area contributed by atoms with Crippen LogP contribution in [-0.4, -0.2) is 30.3 Å². The fourth-order valence-electron chi connectivity index (χ4n) is 2.85. The number of carbonyl (C=O) groups excluding carboxylic acids is 3. The van der Waals surface area contributed by atoms with Crippen molar-refractivity contribution in [3.8, 4) is 0 Å². The standard InChI is InChI=1S/C16H23N3O4/c1-11(20)19-15(12-5-2-3-6-12)16(22)18-10-14(21)17-9-13-7-4-8-23-13/h4,7-8,12,15H,2-3,5-6,9-10H2,1H3,(H,17,21)(H,18,22)(H,19,20). The summed E-state index contributed by atoms with van der Waals surface area (Å²) in [4.78, 5) is 35.3. The van der Waals surface area contributed by atoms with Gasteiger partial charge in [-0.1, -0.05) is 12.8 Å². The predicted octanol–water partition coefficient (Wildman–Crippen LogP) is 0.707. The van der Waals surface area contributed by atoms with Gasteiger partial charge < -0.3 is 20.4 Å². The molecule has 1 heterocycles. The van der Waals surface area contributed by atoms with E-state index < -0.39 is 6.04 Å². The van der Waals surface area contributed by atoms with E-state index in [0.29, 0.717) is 5.76 Å². The highest BCUT2D eigenvalue weighted by Crippen LogP contribution is 2.27. The number of nitrogens with one attached hydrogen (secondary N) is 3. The first-order chi connectivity index (χ1) is 11.1. The van der Waals surface area contributed by atoms with Crippen molar-refractivity contribution in [3.63, 3.8) is 0 Å². The molecule has 1 saturated carbocycles. The number of hydrogen-bond acceptors (Lipinski definition) is 4. The van der Waals surface area contributed by atoms with E-state index in [4.69, 9.17) is 4.42 Å². The van der Waals surface area contributed by atoms with Crippen molar-refractivity contribution in [2.75, 3.05) is 6.54 Å².